The first kappa shape index (κ1) is 18.4. The highest BCUT2D eigenvalue weighted by Gasteiger charge is 2.20. The summed E-state index contributed by atoms with van der Waals surface area (Å²) in [4.78, 5) is 35.7. The summed E-state index contributed by atoms with van der Waals surface area (Å²) in [6.45, 7) is 3.99. The molecule has 0 unspecified atom stereocenters. The Morgan fingerprint density at radius 3 is 2.20 bits per heavy atom. The Morgan fingerprint density at radius 1 is 0.880 bits per heavy atom. The Labute approximate surface area is 146 Å². The van der Waals surface area contributed by atoms with Gasteiger partial charge < -0.3 is 9.47 Å². The van der Waals surface area contributed by atoms with Crippen LogP contribution in [0.4, 0.5) is 4.79 Å². The summed E-state index contributed by atoms with van der Waals surface area (Å²) < 4.78 is 9.19. The van der Waals surface area contributed by atoms with Gasteiger partial charge in [-0.15, -0.1) is 0 Å². The van der Waals surface area contributed by atoms with E-state index in [1.807, 2.05) is 19.1 Å². The fraction of sp³-hybridized carbons (Fsp3) is 0.250. The Hall–Kier alpha value is -2.95. The van der Waals surface area contributed by atoms with E-state index >= 15 is 0 Å². The number of esters is 2. The van der Waals surface area contributed by atoms with Crippen molar-refractivity contribution < 1.29 is 23.9 Å². The van der Waals surface area contributed by atoms with Gasteiger partial charge in [-0.1, -0.05) is 50.6 Å². The maximum atomic E-state index is 12.2. The summed E-state index contributed by atoms with van der Waals surface area (Å²) >= 11 is 0. The third-order valence-corrected chi connectivity index (χ3v) is 3.67. The van der Waals surface area contributed by atoms with Crippen molar-refractivity contribution in [2.45, 2.75) is 33.1 Å². The molecule has 0 fully saturated rings. The van der Waals surface area contributed by atoms with Gasteiger partial charge in [0.25, 0.3) is 0 Å². The van der Waals surface area contributed by atoms with Gasteiger partial charge in [-0.2, -0.15) is 0 Å². The molecule has 0 bridgehead atoms. The van der Waals surface area contributed by atoms with Crippen molar-refractivity contribution >= 4 is 18.1 Å². The summed E-state index contributed by atoms with van der Waals surface area (Å²) in [5.74, 6) is -1.70. The average Bonchev–Trinajstić information content (AvgIpc) is 2.62. The highest BCUT2D eigenvalue weighted by molar-refractivity contribution is 6.01. The van der Waals surface area contributed by atoms with E-state index in [1.54, 1.807) is 24.3 Å². The van der Waals surface area contributed by atoms with Crippen LogP contribution in [0.25, 0.3) is 0 Å². The SMILES string of the molecule is CCCc1ccc(C(=O)OC(=O)OC(=O)c2ccccc2)c(CC)c1. The smallest absolute Gasteiger partial charge is 0.356 e. The van der Waals surface area contributed by atoms with Gasteiger partial charge in [0, 0.05) is 0 Å². The number of hydrogen-bond donors (Lipinski definition) is 0. The Bertz CT molecular complexity index is 765. The summed E-state index contributed by atoms with van der Waals surface area (Å²) in [5.41, 5.74) is 2.41. The predicted octanol–water partition coefficient (Wildman–Crippen LogP) is 4.34. The molecule has 0 N–H and O–H groups in total. The van der Waals surface area contributed by atoms with Crippen LogP contribution in [-0.4, -0.2) is 18.1 Å². The van der Waals surface area contributed by atoms with Gasteiger partial charge in [0.15, 0.2) is 0 Å². The van der Waals surface area contributed by atoms with Crippen LogP contribution < -0.4 is 0 Å². The van der Waals surface area contributed by atoms with Crippen molar-refractivity contribution in [2.75, 3.05) is 0 Å². The van der Waals surface area contributed by atoms with Crippen LogP contribution in [0, 0.1) is 0 Å². The van der Waals surface area contributed by atoms with Gasteiger partial charge in [0.2, 0.25) is 0 Å². The molecule has 0 atom stereocenters. The molecule has 25 heavy (non-hydrogen) atoms. The maximum absolute atomic E-state index is 12.2. The number of carbonyl (C=O) groups excluding carboxylic acids is 3. The predicted molar refractivity (Wildman–Crippen MR) is 92.5 cm³/mol. The molecule has 0 aromatic heterocycles. The van der Waals surface area contributed by atoms with E-state index < -0.39 is 18.1 Å². The Kier molecular flexibility index (Phi) is 6.46. The van der Waals surface area contributed by atoms with E-state index in [-0.39, 0.29) is 5.56 Å². The fourth-order valence-corrected chi connectivity index (χ4v) is 2.44. The van der Waals surface area contributed by atoms with E-state index in [0.717, 1.165) is 24.0 Å². The lowest BCUT2D eigenvalue weighted by Gasteiger charge is -2.09. The normalized spacial score (nSPS) is 10.2. The number of rotatable bonds is 5. The second-order valence-electron chi connectivity index (χ2n) is 5.49. The zero-order valence-corrected chi connectivity index (χ0v) is 14.3. The highest BCUT2D eigenvalue weighted by Crippen LogP contribution is 2.16. The van der Waals surface area contributed by atoms with Crippen LogP contribution in [0.1, 0.15) is 52.1 Å². The standard InChI is InChI=1S/C20H20O5/c1-3-8-14-11-12-17(15(4-2)13-14)19(22)25-20(23)24-18(21)16-9-6-5-7-10-16/h5-7,9-13H,3-4,8H2,1-2H3. The van der Waals surface area contributed by atoms with Gasteiger partial charge in [-0.05, 0) is 42.2 Å². The van der Waals surface area contributed by atoms with Crippen molar-refractivity contribution in [3.05, 3.63) is 70.8 Å². The first-order valence-electron chi connectivity index (χ1n) is 8.20. The van der Waals surface area contributed by atoms with Crippen LogP contribution in [-0.2, 0) is 22.3 Å². The topological polar surface area (TPSA) is 69.7 Å². The fourth-order valence-electron chi connectivity index (χ4n) is 2.44. The van der Waals surface area contributed by atoms with Gasteiger partial charge >= 0.3 is 18.1 Å². The number of ether oxygens (including phenoxy) is 2. The molecule has 0 aliphatic carbocycles. The van der Waals surface area contributed by atoms with Crippen LogP contribution in [0.2, 0.25) is 0 Å². The molecule has 2 rings (SSSR count). The monoisotopic (exact) mass is 340 g/mol. The third-order valence-electron chi connectivity index (χ3n) is 3.67. The minimum atomic E-state index is -1.33. The van der Waals surface area contributed by atoms with Crippen LogP contribution in [0.3, 0.4) is 0 Å². The Morgan fingerprint density at radius 2 is 1.56 bits per heavy atom. The van der Waals surface area contributed by atoms with Crippen molar-refractivity contribution in [1.29, 1.82) is 0 Å². The quantitative estimate of drug-likeness (QED) is 0.598. The second kappa shape index (κ2) is 8.78. The first-order chi connectivity index (χ1) is 12.0. The summed E-state index contributed by atoms with van der Waals surface area (Å²) in [6.07, 6.45) is 1.20. The molecule has 0 aliphatic heterocycles. The number of aryl methyl sites for hydroxylation is 2. The third kappa shape index (κ3) is 5.01. The van der Waals surface area contributed by atoms with Crippen molar-refractivity contribution in [3.8, 4) is 0 Å². The number of carbonyl (C=O) groups is 3. The van der Waals surface area contributed by atoms with Crippen LogP contribution >= 0.6 is 0 Å². The zero-order chi connectivity index (χ0) is 18.2. The van der Waals surface area contributed by atoms with Gasteiger partial charge in [-0.25, -0.2) is 14.4 Å². The van der Waals surface area contributed by atoms with E-state index in [4.69, 9.17) is 0 Å². The average molecular weight is 340 g/mol. The molecular formula is C20H20O5. The minimum absolute atomic E-state index is 0.199. The number of benzene rings is 2. The summed E-state index contributed by atoms with van der Waals surface area (Å²) in [5, 5.41) is 0. The van der Waals surface area contributed by atoms with E-state index in [1.165, 1.54) is 12.1 Å². The largest absolute Gasteiger partial charge is 0.524 e. The summed E-state index contributed by atoms with van der Waals surface area (Å²) in [6, 6.07) is 13.4. The zero-order valence-electron chi connectivity index (χ0n) is 14.3. The van der Waals surface area contributed by atoms with Crippen molar-refractivity contribution in [3.63, 3.8) is 0 Å². The molecule has 0 heterocycles. The van der Waals surface area contributed by atoms with Crippen molar-refractivity contribution in [2.24, 2.45) is 0 Å². The van der Waals surface area contributed by atoms with E-state index in [2.05, 4.69) is 16.4 Å². The van der Waals surface area contributed by atoms with Crippen LogP contribution in [0.5, 0.6) is 0 Å². The summed E-state index contributed by atoms with van der Waals surface area (Å²) in [7, 11) is 0. The molecule has 0 radical (unpaired) electrons. The minimum Gasteiger partial charge on any atom is -0.356 e. The number of hydrogen-bond acceptors (Lipinski definition) is 5. The lowest BCUT2D eigenvalue weighted by atomic mass is 10.00. The van der Waals surface area contributed by atoms with Gasteiger partial charge in [0.05, 0.1) is 11.1 Å². The molecular weight excluding hydrogens is 320 g/mol. The Balaban J connectivity index is 2.03. The highest BCUT2D eigenvalue weighted by atomic mass is 16.8. The molecule has 0 saturated heterocycles. The van der Waals surface area contributed by atoms with Crippen molar-refractivity contribution in [1.82, 2.24) is 0 Å². The molecule has 0 spiro atoms. The lowest BCUT2D eigenvalue weighted by molar-refractivity contribution is 0.0337. The molecule has 0 amide bonds. The van der Waals surface area contributed by atoms with Gasteiger partial charge in [-0.3, -0.25) is 0 Å². The molecule has 2 aromatic rings. The van der Waals surface area contributed by atoms with Gasteiger partial charge in [0.1, 0.15) is 0 Å². The van der Waals surface area contributed by atoms with E-state index in [9.17, 15) is 14.4 Å². The maximum Gasteiger partial charge on any atom is 0.524 e. The van der Waals surface area contributed by atoms with Crippen LogP contribution in [0.15, 0.2) is 48.5 Å². The lowest BCUT2D eigenvalue weighted by Crippen LogP contribution is -2.19. The van der Waals surface area contributed by atoms with E-state index in [0.29, 0.717) is 12.0 Å². The molecule has 2 aromatic carbocycles. The molecule has 0 saturated carbocycles. The molecule has 5 heteroatoms. The second-order valence-corrected chi connectivity index (χ2v) is 5.49. The molecule has 5 nitrogen and oxygen atoms in total. The molecule has 0 aliphatic rings. The first-order valence-corrected chi connectivity index (χ1v) is 8.20. The molecule has 130 valence electrons.